The van der Waals surface area contributed by atoms with Gasteiger partial charge in [-0.2, -0.15) is 0 Å². The van der Waals surface area contributed by atoms with Crippen LogP contribution in [0, 0.1) is 0 Å². The van der Waals surface area contributed by atoms with E-state index in [1.807, 2.05) is 6.20 Å². The van der Waals surface area contributed by atoms with Gasteiger partial charge in [0.25, 0.3) is 0 Å². The Bertz CT molecular complexity index is 818. The summed E-state index contributed by atoms with van der Waals surface area (Å²) in [5.41, 5.74) is 8.29. The van der Waals surface area contributed by atoms with Crippen molar-refractivity contribution >= 4 is 17.1 Å². The highest BCUT2D eigenvalue weighted by molar-refractivity contribution is 5.85. The number of anilines is 2. The number of pyridine rings is 1. The zero-order valence-electron chi connectivity index (χ0n) is 15.5. The van der Waals surface area contributed by atoms with Gasteiger partial charge in [0.15, 0.2) is 0 Å². The third-order valence-corrected chi connectivity index (χ3v) is 5.70. The molecule has 0 radical (unpaired) electrons. The predicted octanol–water partition coefficient (Wildman–Crippen LogP) is 5.20. The summed E-state index contributed by atoms with van der Waals surface area (Å²) in [7, 11) is 2.18. The molecule has 1 aliphatic carbocycles. The molecule has 0 unspecified atom stereocenters. The van der Waals surface area contributed by atoms with Gasteiger partial charge in [0.1, 0.15) is 5.82 Å². The van der Waals surface area contributed by atoms with Crippen LogP contribution in [0.15, 0.2) is 42.1 Å². The van der Waals surface area contributed by atoms with E-state index in [1.54, 1.807) is 0 Å². The van der Waals surface area contributed by atoms with Crippen molar-refractivity contribution in [3.05, 3.63) is 58.8 Å². The van der Waals surface area contributed by atoms with E-state index >= 15 is 0 Å². The topological polar surface area (TPSA) is 28.2 Å². The van der Waals surface area contributed by atoms with E-state index in [4.69, 9.17) is 0 Å². The van der Waals surface area contributed by atoms with Crippen LogP contribution >= 0.6 is 0 Å². The molecule has 3 nitrogen and oxygen atoms in total. The van der Waals surface area contributed by atoms with Crippen LogP contribution in [0.25, 0.3) is 5.57 Å². The van der Waals surface area contributed by atoms with Gasteiger partial charge in [0.05, 0.1) is 0 Å². The Balaban J connectivity index is 1.66. The first-order valence-corrected chi connectivity index (χ1v) is 9.33. The van der Waals surface area contributed by atoms with Crippen LogP contribution in [-0.2, 0) is 6.54 Å². The summed E-state index contributed by atoms with van der Waals surface area (Å²) in [5.74, 6) is 1.78. The van der Waals surface area contributed by atoms with E-state index in [0.29, 0.717) is 0 Å². The summed E-state index contributed by atoms with van der Waals surface area (Å²) < 4.78 is 0. The Morgan fingerprint density at radius 1 is 1.16 bits per heavy atom. The predicted molar refractivity (Wildman–Crippen MR) is 106 cm³/mol. The summed E-state index contributed by atoms with van der Waals surface area (Å²) in [5, 5.41) is 3.64. The van der Waals surface area contributed by atoms with Crippen LogP contribution in [0.3, 0.4) is 0 Å². The van der Waals surface area contributed by atoms with Gasteiger partial charge in [0, 0.05) is 37.6 Å². The molecular formula is C22H27N3. The van der Waals surface area contributed by atoms with Crippen molar-refractivity contribution in [2.75, 3.05) is 23.8 Å². The Kier molecular flexibility index (Phi) is 4.24. The number of benzene rings is 1. The first-order valence-electron chi connectivity index (χ1n) is 9.33. The minimum absolute atomic E-state index is 0.772. The number of hydrogen-bond acceptors (Lipinski definition) is 3. The molecule has 3 heteroatoms. The molecule has 1 aliphatic heterocycles. The fourth-order valence-electron chi connectivity index (χ4n) is 3.80. The number of nitrogens with zero attached hydrogens (tertiary/aromatic N) is 2. The maximum Gasteiger partial charge on any atom is 0.135 e. The molecule has 25 heavy (non-hydrogen) atoms. The second-order valence-electron chi connectivity index (χ2n) is 7.46. The molecule has 0 saturated heterocycles. The smallest absolute Gasteiger partial charge is 0.135 e. The molecule has 0 amide bonds. The lowest BCUT2D eigenvalue weighted by Crippen LogP contribution is -2.19. The van der Waals surface area contributed by atoms with Crippen molar-refractivity contribution in [3.8, 4) is 0 Å². The molecule has 2 aliphatic rings. The fourth-order valence-corrected chi connectivity index (χ4v) is 3.80. The summed E-state index contributed by atoms with van der Waals surface area (Å²) >= 11 is 0. The molecule has 4 rings (SSSR count). The van der Waals surface area contributed by atoms with Gasteiger partial charge >= 0.3 is 0 Å². The first-order chi connectivity index (χ1) is 12.1. The molecule has 1 saturated carbocycles. The minimum Gasteiger partial charge on any atom is -0.374 e. The van der Waals surface area contributed by atoms with E-state index < -0.39 is 0 Å². The van der Waals surface area contributed by atoms with Crippen molar-refractivity contribution in [1.82, 2.24) is 4.98 Å². The molecule has 1 aromatic heterocycles. The molecule has 2 heterocycles. The highest BCUT2D eigenvalue weighted by Gasteiger charge is 2.26. The van der Waals surface area contributed by atoms with Crippen LogP contribution in [0.1, 0.15) is 55.7 Å². The monoisotopic (exact) mass is 333 g/mol. The van der Waals surface area contributed by atoms with Crippen molar-refractivity contribution in [2.24, 2.45) is 0 Å². The molecule has 130 valence electrons. The van der Waals surface area contributed by atoms with E-state index in [1.165, 1.54) is 46.4 Å². The number of aromatic nitrogens is 1. The van der Waals surface area contributed by atoms with Gasteiger partial charge in [-0.15, -0.1) is 0 Å². The van der Waals surface area contributed by atoms with Crippen LogP contribution in [0.2, 0.25) is 0 Å². The Morgan fingerprint density at radius 2 is 1.96 bits per heavy atom. The van der Waals surface area contributed by atoms with Gasteiger partial charge in [-0.3, -0.25) is 0 Å². The van der Waals surface area contributed by atoms with Crippen LogP contribution in [-0.4, -0.2) is 18.6 Å². The SMILES string of the molecule is CC1=C(C)c2c(ccnc2NCc2ccccc2C2CC2)N(C)CC1. The van der Waals surface area contributed by atoms with Crippen molar-refractivity contribution in [2.45, 2.75) is 45.6 Å². The Labute approximate surface area is 150 Å². The van der Waals surface area contributed by atoms with Crippen molar-refractivity contribution in [1.29, 1.82) is 0 Å². The van der Waals surface area contributed by atoms with Crippen LogP contribution < -0.4 is 10.2 Å². The maximum atomic E-state index is 4.69. The molecule has 0 bridgehead atoms. The largest absolute Gasteiger partial charge is 0.374 e. The van der Waals surface area contributed by atoms with Crippen LogP contribution in [0.4, 0.5) is 11.5 Å². The number of fused-ring (bicyclic) bond motifs is 1. The van der Waals surface area contributed by atoms with Gasteiger partial charge in [-0.05, 0) is 61.8 Å². The molecule has 1 fully saturated rings. The van der Waals surface area contributed by atoms with E-state index in [0.717, 1.165) is 31.2 Å². The third kappa shape index (κ3) is 3.15. The fraction of sp³-hybridized carbons (Fsp3) is 0.409. The summed E-state index contributed by atoms with van der Waals surface area (Å²) in [6.07, 6.45) is 5.71. The van der Waals surface area contributed by atoms with Crippen molar-refractivity contribution < 1.29 is 0 Å². The first kappa shape index (κ1) is 16.2. The van der Waals surface area contributed by atoms with E-state index in [2.05, 4.69) is 66.4 Å². The lowest BCUT2D eigenvalue weighted by atomic mass is 10.0. The van der Waals surface area contributed by atoms with Gasteiger partial charge in [-0.25, -0.2) is 4.98 Å². The number of hydrogen-bond donors (Lipinski definition) is 1. The molecule has 1 aromatic carbocycles. The third-order valence-electron chi connectivity index (χ3n) is 5.70. The lowest BCUT2D eigenvalue weighted by Gasteiger charge is -2.22. The number of rotatable bonds is 4. The second kappa shape index (κ2) is 6.55. The Hall–Kier alpha value is -2.29. The van der Waals surface area contributed by atoms with Gasteiger partial charge in [-0.1, -0.05) is 29.8 Å². The summed E-state index contributed by atoms with van der Waals surface area (Å²) in [6.45, 7) is 6.38. The number of nitrogens with one attached hydrogen (secondary N) is 1. The quantitative estimate of drug-likeness (QED) is 0.833. The standard InChI is InChI=1S/C22H27N3/c1-15-11-13-25(3)20-10-12-23-22(21(20)16(15)2)24-14-18-6-4-5-7-19(18)17-8-9-17/h4-7,10,12,17H,8-9,11,13-14H2,1-3H3,(H,23,24). The highest BCUT2D eigenvalue weighted by atomic mass is 15.1. The average Bonchev–Trinajstić information content (AvgIpc) is 3.48. The van der Waals surface area contributed by atoms with Gasteiger partial charge < -0.3 is 10.2 Å². The average molecular weight is 333 g/mol. The summed E-state index contributed by atoms with van der Waals surface area (Å²) in [4.78, 5) is 7.03. The normalized spacial score (nSPS) is 17.3. The van der Waals surface area contributed by atoms with Crippen molar-refractivity contribution in [3.63, 3.8) is 0 Å². The minimum atomic E-state index is 0.772. The zero-order valence-corrected chi connectivity index (χ0v) is 15.5. The second-order valence-corrected chi connectivity index (χ2v) is 7.46. The van der Waals surface area contributed by atoms with E-state index in [9.17, 15) is 0 Å². The number of allylic oxidation sites excluding steroid dienone is 1. The maximum absolute atomic E-state index is 4.69. The molecule has 1 N–H and O–H groups in total. The Morgan fingerprint density at radius 3 is 2.76 bits per heavy atom. The highest BCUT2D eigenvalue weighted by Crippen LogP contribution is 2.42. The van der Waals surface area contributed by atoms with Crippen LogP contribution in [0.5, 0.6) is 0 Å². The van der Waals surface area contributed by atoms with Gasteiger partial charge in [0.2, 0.25) is 0 Å². The lowest BCUT2D eigenvalue weighted by molar-refractivity contribution is 0.876. The molecule has 0 atom stereocenters. The zero-order chi connectivity index (χ0) is 17.4. The molecule has 0 spiro atoms. The molecule has 2 aromatic rings. The molecular weight excluding hydrogens is 306 g/mol. The van der Waals surface area contributed by atoms with E-state index in [-0.39, 0.29) is 0 Å². The summed E-state index contributed by atoms with van der Waals surface area (Å²) in [6, 6.07) is 11.0.